The zero-order chi connectivity index (χ0) is 8.53. The largest absolute Gasteiger partial charge is 0.310 e. The molecule has 0 aromatic heterocycles. The molecule has 1 N–H and O–H groups in total. The van der Waals surface area contributed by atoms with Crippen LogP contribution in [0, 0.1) is 0 Å². The van der Waals surface area contributed by atoms with E-state index < -0.39 is 0 Å². The molecule has 1 heteroatoms. The van der Waals surface area contributed by atoms with Gasteiger partial charge in [-0.2, -0.15) is 0 Å². The molecule has 11 heavy (non-hydrogen) atoms. The van der Waals surface area contributed by atoms with Gasteiger partial charge in [0, 0.05) is 12.6 Å². The molecular formula is C10H19N. The number of hydrogen-bond donors (Lipinski definition) is 1. The quantitative estimate of drug-likeness (QED) is 0.554. The number of rotatable bonds is 7. The van der Waals surface area contributed by atoms with Crippen LogP contribution < -0.4 is 5.32 Å². The van der Waals surface area contributed by atoms with Crippen LogP contribution in [0.2, 0.25) is 0 Å². The van der Waals surface area contributed by atoms with Gasteiger partial charge < -0.3 is 5.32 Å². The second kappa shape index (κ2) is 7.55. The molecule has 1 nitrogen and oxygen atoms in total. The zero-order valence-corrected chi connectivity index (χ0v) is 7.47. The highest BCUT2D eigenvalue weighted by Crippen LogP contribution is 2.01. The van der Waals surface area contributed by atoms with Crippen molar-refractivity contribution in [2.45, 2.75) is 32.2 Å². The highest BCUT2D eigenvalue weighted by Gasteiger charge is 2.01. The molecule has 0 aromatic carbocycles. The van der Waals surface area contributed by atoms with Gasteiger partial charge in [-0.05, 0) is 12.8 Å². The van der Waals surface area contributed by atoms with E-state index in [4.69, 9.17) is 0 Å². The van der Waals surface area contributed by atoms with Crippen molar-refractivity contribution in [1.82, 2.24) is 5.32 Å². The standard InChI is InChI=1S/C10H19N/c1-4-7-10(8-5-2)11-9-6-3/h4,6,10-11H,1,3,5,7-9H2,2H3. The molecule has 0 fully saturated rings. The SMILES string of the molecule is C=CCNC(CC=C)CCC. The molecule has 0 spiro atoms. The van der Waals surface area contributed by atoms with Crippen LogP contribution in [0.5, 0.6) is 0 Å². The van der Waals surface area contributed by atoms with E-state index in [1.165, 1.54) is 12.8 Å². The van der Waals surface area contributed by atoms with E-state index in [1.807, 2.05) is 12.2 Å². The van der Waals surface area contributed by atoms with E-state index in [9.17, 15) is 0 Å². The van der Waals surface area contributed by atoms with Crippen LogP contribution in [-0.4, -0.2) is 12.6 Å². The van der Waals surface area contributed by atoms with Crippen molar-refractivity contribution in [3.8, 4) is 0 Å². The molecule has 1 unspecified atom stereocenters. The lowest BCUT2D eigenvalue weighted by molar-refractivity contribution is 0.503. The molecule has 0 heterocycles. The monoisotopic (exact) mass is 153 g/mol. The Morgan fingerprint density at radius 2 is 2.09 bits per heavy atom. The van der Waals surface area contributed by atoms with E-state index >= 15 is 0 Å². The van der Waals surface area contributed by atoms with Gasteiger partial charge in [0.05, 0.1) is 0 Å². The Morgan fingerprint density at radius 3 is 2.55 bits per heavy atom. The molecule has 1 atom stereocenters. The third-order valence-electron chi connectivity index (χ3n) is 1.64. The summed E-state index contributed by atoms with van der Waals surface area (Å²) in [6.07, 6.45) is 7.37. The molecule has 0 rings (SSSR count). The molecule has 0 radical (unpaired) electrons. The summed E-state index contributed by atoms with van der Waals surface area (Å²) >= 11 is 0. The van der Waals surface area contributed by atoms with Crippen molar-refractivity contribution in [3.05, 3.63) is 25.3 Å². The van der Waals surface area contributed by atoms with E-state index in [2.05, 4.69) is 25.4 Å². The first-order valence-corrected chi connectivity index (χ1v) is 4.30. The van der Waals surface area contributed by atoms with E-state index in [-0.39, 0.29) is 0 Å². The lowest BCUT2D eigenvalue weighted by Gasteiger charge is -2.14. The highest BCUT2D eigenvalue weighted by molar-refractivity contribution is 4.80. The van der Waals surface area contributed by atoms with Gasteiger partial charge in [-0.25, -0.2) is 0 Å². The Morgan fingerprint density at radius 1 is 1.36 bits per heavy atom. The maximum absolute atomic E-state index is 3.72. The van der Waals surface area contributed by atoms with Crippen LogP contribution in [0.1, 0.15) is 26.2 Å². The molecule has 0 saturated carbocycles. The van der Waals surface area contributed by atoms with Crippen LogP contribution in [-0.2, 0) is 0 Å². The van der Waals surface area contributed by atoms with E-state index in [0.29, 0.717) is 6.04 Å². The van der Waals surface area contributed by atoms with Gasteiger partial charge in [0.25, 0.3) is 0 Å². The first-order chi connectivity index (χ1) is 5.35. The topological polar surface area (TPSA) is 12.0 Å². The van der Waals surface area contributed by atoms with Crippen molar-refractivity contribution in [2.24, 2.45) is 0 Å². The number of nitrogens with one attached hydrogen (secondary N) is 1. The fourth-order valence-electron chi connectivity index (χ4n) is 1.10. The fourth-order valence-corrected chi connectivity index (χ4v) is 1.10. The second-order valence-corrected chi connectivity index (χ2v) is 2.71. The Kier molecular flexibility index (Phi) is 7.16. The summed E-state index contributed by atoms with van der Waals surface area (Å²) in [7, 11) is 0. The predicted octanol–water partition coefficient (Wildman–Crippen LogP) is 2.51. The molecular weight excluding hydrogens is 134 g/mol. The smallest absolute Gasteiger partial charge is 0.0135 e. The summed E-state index contributed by atoms with van der Waals surface area (Å²) in [5.74, 6) is 0. The van der Waals surface area contributed by atoms with E-state index in [0.717, 1.165) is 13.0 Å². The fraction of sp³-hybridized carbons (Fsp3) is 0.600. The normalized spacial score (nSPS) is 12.5. The van der Waals surface area contributed by atoms with Gasteiger partial charge in [-0.1, -0.05) is 25.5 Å². The lowest BCUT2D eigenvalue weighted by Crippen LogP contribution is -2.28. The highest BCUT2D eigenvalue weighted by atomic mass is 14.9. The predicted molar refractivity (Wildman–Crippen MR) is 51.7 cm³/mol. The Balaban J connectivity index is 3.49. The maximum Gasteiger partial charge on any atom is 0.0135 e. The number of hydrogen-bond acceptors (Lipinski definition) is 1. The summed E-state index contributed by atoms with van der Waals surface area (Å²) in [5, 5.41) is 3.38. The maximum atomic E-state index is 3.72. The average Bonchev–Trinajstić information content (AvgIpc) is 2.01. The summed E-state index contributed by atoms with van der Waals surface area (Å²) < 4.78 is 0. The van der Waals surface area contributed by atoms with E-state index in [1.54, 1.807) is 0 Å². The minimum absolute atomic E-state index is 0.593. The van der Waals surface area contributed by atoms with Gasteiger partial charge in [-0.3, -0.25) is 0 Å². The van der Waals surface area contributed by atoms with Crippen molar-refractivity contribution in [3.63, 3.8) is 0 Å². The minimum atomic E-state index is 0.593. The van der Waals surface area contributed by atoms with Gasteiger partial charge in [0.1, 0.15) is 0 Å². The summed E-state index contributed by atoms with van der Waals surface area (Å²) in [4.78, 5) is 0. The molecule has 0 aliphatic heterocycles. The van der Waals surface area contributed by atoms with Crippen LogP contribution in [0.4, 0.5) is 0 Å². The Hall–Kier alpha value is -0.560. The Labute approximate surface area is 70.2 Å². The molecule has 0 aliphatic rings. The van der Waals surface area contributed by atoms with Gasteiger partial charge in [0.2, 0.25) is 0 Å². The molecule has 0 aromatic rings. The third kappa shape index (κ3) is 5.86. The summed E-state index contributed by atoms with van der Waals surface area (Å²) in [6.45, 7) is 10.5. The first kappa shape index (κ1) is 10.4. The van der Waals surface area contributed by atoms with Crippen LogP contribution >= 0.6 is 0 Å². The first-order valence-electron chi connectivity index (χ1n) is 4.30. The molecule has 0 amide bonds. The molecule has 64 valence electrons. The molecule has 0 bridgehead atoms. The second-order valence-electron chi connectivity index (χ2n) is 2.71. The molecule has 0 aliphatic carbocycles. The van der Waals surface area contributed by atoms with Crippen molar-refractivity contribution in [1.29, 1.82) is 0 Å². The van der Waals surface area contributed by atoms with Gasteiger partial charge in [0.15, 0.2) is 0 Å². The molecule has 0 saturated heterocycles. The van der Waals surface area contributed by atoms with Gasteiger partial charge in [-0.15, -0.1) is 13.2 Å². The van der Waals surface area contributed by atoms with Crippen LogP contribution in [0.15, 0.2) is 25.3 Å². The summed E-state index contributed by atoms with van der Waals surface area (Å²) in [5.41, 5.74) is 0. The van der Waals surface area contributed by atoms with Crippen molar-refractivity contribution in [2.75, 3.05) is 6.54 Å². The van der Waals surface area contributed by atoms with Crippen molar-refractivity contribution >= 4 is 0 Å². The van der Waals surface area contributed by atoms with Gasteiger partial charge >= 0.3 is 0 Å². The average molecular weight is 153 g/mol. The zero-order valence-electron chi connectivity index (χ0n) is 7.47. The minimum Gasteiger partial charge on any atom is -0.310 e. The third-order valence-corrected chi connectivity index (χ3v) is 1.64. The van der Waals surface area contributed by atoms with Crippen LogP contribution in [0.3, 0.4) is 0 Å². The lowest BCUT2D eigenvalue weighted by atomic mass is 10.1. The Bertz CT molecular complexity index is 107. The summed E-state index contributed by atoms with van der Waals surface area (Å²) in [6, 6.07) is 0.593. The van der Waals surface area contributed by atoms with Crippen molar-refractivity contribution < 1.29 is 0 Å². The van der Waals surface area contributed by atoms with Crippen LogP contribution in [0.25, 0.3) is 0 Å².